The molecule has 1 aliphatic heterocycles. The maximum atomic E-state index is 12.2. The summed E-state index contributed by atoms with van der Waals surface area (Å²) < 4.78 is 26.1. The third-order valence-electron chi connectivity index (χ3n) is 4.03. The lowest BCUT2D eigenvalue weighted by atomic mass is 9.91. The molecular formula is C15H22ClNO2S. The molecule has 1 aromatic carbocycles. The van der Waals surface area contributed by atoms with Gasteiger partial charge in [-0.05, 0) is 37.7 Å². The first kappa shape index (κ1) is 15.8. The second-order valence-corrected chi connectivity index (χ2v) is 8.20. The monoisotopic (exact) mass is 315 g/mol. The van der Waals surface area contributed by atoms with Gasteiger partial charge in [0.1, 0.15) is 0 Å². The second-order valence-electron chi connectivity index (χ2n) is 5.54. The van der Waals surface area contributed by atoms with Gasteiger partial charge in [0.15, 0.2) is 0 Å². The van der Waals surface area contributed by atoms with E-state index >= 15 is 0 Å². The molecule has 0 bridgehead atoms. The van der Waals surface area contributed by atoms with Crippen molar-refractivity contribution in [1.82, 2.24) is 4.31 Å². The summed E-state index contributed by atoms with van der Waals surface area (Å²) >= 11 is 5.69. The molecule has 1 atom stereocenters. The van der Waals surface area contributed by atoms with Crippen LogP contribution >= 0.6 is 11.6 Å². The molecule has 0 aliphatic carbocycles. The van der Waals surface area contributed by atoms with Gasteiger partial charge in [-0.25, -0.2) is 12.7 Å². The smallest absolute Gasteiger partial charge is 0.212 e. The Morgan fingerprint density at radius 3 is 2.40 bits per heavy atom. The molecule has 0 aromatic heterocycles. The molecule has 3 nitrogen and oxygen atoms in total. The van der Waals surface area contributed by atoms with Crippen LogP contribution in [0.25, 0.3) is 0 Å². The fourth-order valence-electron chi connectivity index (χ4n) is 2.65. The number of piperidine rings is 1. The third kappa shape index (κ3) is 3.74. The summed E-state index contributed by atoms with van der Waals surface area (Å²) in [5.41, 5.74) is 1.34. The van der Waals surface area contributed by atoms with Crippen molar-refractivity contribution in [3.05, 3.63) is 35.9 Å². The predicted octanol–water partition coefficient (Wildman–Crippen LogP) is 2.90. The Bertz CT molecular complexity index is 510. The lowest BCUT2D eigenvalue weighted by Crippen LogP contribution is -2.43. The van der Waals surface area contributed by atoms with Gasteiger partial charge < -0.3 is 0 Å². The molecule has 1 aliphatic rings. The summed E-state index contributed by atoms with van der Waals surface area (Å²) in [6.07, 6.45) is 2.91. The summed E-state index contributed by atoms with van der Waals surface area (Å²) in [6, 6.07) is 10.4. The molecule has 1 aromatic rings. The van der Waals surface area contributed by atoms with Crippen molar-refractivity contribution in [3.8, 4) is 0 Å². The van der Waals surface area contributed by atoms with Gasteiger partial charge in [-0.15, -0.1) is 11.6 Å². The van der Waals surface area contributed by atoms with Crippen LogP contribution < -0.4 is 0 Å². The zero-order valence-electron chi connectivity index (χ0n) is 11.8. The summed E-state index contributed by atoms with van der Waals surface area (Å²) in [6.45, 7) is 2.93. The van der Waals surface area contributed by atoms with Crippen molar-refractivity contribution >= 4 is 21.6 Å². The Morgan fingerprint density at radius 1 is 1.25 bits per heavy atom. The molecule has 2 rings (SSSR count). The van der Waals surface area contributed by atoms with E-state index in [0.717, 1.165) is 19.3 Å². The van der Waals surface area contributed by atoms with Crippen molar-refractivity contribution in [2.24, 2.45) is 5.92 Å². The van der Waals surface area contributed by atoms with Crippen LogP contribution in [0.1, 0.15) is 25.3 Å². The van der Waals surface area contributed by atoms with Crippen molar-refractivity contribution in [2.75, 3.05) is 19.0 Å². The minimum atomic E-state index is -3.21. The Hall–Kier alpha value is -0.580. The standard InChI is InChI=1S/C15H22ClNO2S/c1-13(12-16)20(18,19)17-9-7-15(8-10-17)11-14-5-3-2-4-6-14/h2-6,13,15H,7-12H2,1H3. The first-order chi connectivity index (χ1) is 9.54. The third-order valence-corrected chi connectivity index (χ3v) is 6.94. The molecule has 1 unspecified atom stereocenters. The van der Waals surface area contributed by atoms with E-state index in [-0.39, 0.29) is 5.88 Å². The van der Waals surface area contributed by atoms with Crippen molar-refractivity contribution in [3.63, 3.8) is 0 Å². The van der Waals surface area contributed by atoms with Gasteiger partial charge in [0, 0.05) is 19.0 Å². The van der Waals surface area contributed by atoms with Crippen LogP contribution in [0.4, 0.5) is 0 Å². The Labute approximate surface area is 127 Å². The van der Waals surface area contributed by atoms with Gasteiger partial charge in [-0.2, -0.15) is 0 Å². The minimum absolute atomic E-state index is 0.159. The van der Waals surface area contributed by atoms with Gasteiger partial charge in [0.05, 0.1) is 5.25 Å². The van der Waals surface area contributed by atoms with Crippen LogP contribution in [0.15, 0.2) is 30.3 Å². The number of nitrogens with zero attached hydrogens (tertiary/aromatic N) is 1. The molecule has 1 fully saturated rings. The van der Waals surface area contributed by atoms with E-state index in [9.17, 15) is 8.42 Å². The number of hydrogen-bond acceptors (Lipinski definition) is 2. The summed E-state index contributed by atoms with van der Waals surface area (Å²) in [7, 11) is -3.21. The number of hydrogen-bond donors (Lipinski definition) is 0. The zero-order valence-corrected chi connectivity index (χ0v) is 13.4. The largest absolute Gasteiger partial charge is 0.217 e. The Balaban J connectivity index is 1.90. The zero-order chi connectivity index (χ0) is 14.6. The van der Waals surface area contributed by atoms with Crippen LogP contribution in [0.5, 0.6) is 0 Å². The number of sulfonamides is 1. The van der Waals surface area contributed by atoms with Crippen LogP contribution in [-0.4, -0.2) is 36.9 Å². The van der Waals surface area contributed by atoms with Crippen molar-refractivity contribution < 1.29 is 8.42 Å². The molecule has 0 N–H and O–H groups in total. The van der Waals surface area contributed by atoms with Crippen LogP contribution in [0, 0.1) is 5.92 Å². The van der Waals surface area contributed by atoms with Crippen molar-refractivity contribution in [2.45, 2.75) is 31.4 Å². The molecule has 5 heteroatoms. The molecule has 0 saturated carbocycles. The first-order valence-electron chi connectivity index (χ1n) is 7.13. The summed E-state index contributed by atoms with van der Waals surface area (Å²) in [5.74, 6) is 0.738. The molecule has 1 saturated heterocycles. The second kappa shape index (κ2) is 6.92. The van der Waals surface area contributed by atoms with E-state index in [1.165, 1.54) is 5.56 Å². The summed E-state index contributed by atoms with van der Waals surface area (Å²) in [4.78, 5) is 0. The average Bonchev–Trinajstić information content (AvgIpc) is 2.48. The van der Waals surface area contributed by atoms with Crippen molar-refractivity contribution in [1.29, 1.82) is 0 Å². The SMILES string of the molecule is CC(CCl)S(=O)(=O)N1CCC(Cc2ccccc2)CC1. The number of halogens is 1. The fourth-order valence-corrected chi connectivity index (χ4v) is 4.51. The van der Waals surface area contributed by atoms with Gasteiger partial charge >= 0.3 is 0 Å². The van der Waals surface area contributed by atoms with Gasteiger partial charge in [0.2, 0.25) is 10.0 Å². The Morgan fingerprint density at radius 2 is 1.85 bits per heavy atom. The molecule has 0 amide bonds. The van der Waals surface area contributed by atoms with E-state index in [1.54, 1.807) is 11.2 Å². The Kier molecular flexibility index (Phi) is 5.47. The van der Waals surface area contributed by atoms with Gasteiger partial charge in [-0.3, -0.25) is 0 Å². The molecule has 20 heavy (non-hydrogen) atoms. The highest BCUT2D eigenvalue weighted by molar-refractivity contribution is 7.89. The lowest BCUT2D eigenvalue weighted by Gasteiger charge is -2.32. The maximum absolute atomic E-state index is 12.2. The van der Waals surface area contributed by atoms with Crippen LogP contribution in [-0.2, 0) is 16.4 Å². The topological polar surface area (TPSA) is 37.4 Å². The number of alkyl halides is 1. The predicted molar refractivity (Wildman–Crippen MR) is 83.5 cm³/mol. The molecule has 0 spiro atoms. The first-order valence-corrected chi connectivity index (χ1v) is 9.16. The molecule has 1 heterocycles. The van der Waals surface area contributed by atoms with E-state index in [0.29, 0.717) is 19.0 Å². The summed E-state index contributed by atoms with van der Waals surface area (Å²) in [5, 5.41) is -0.491. The van der Waals surface area contributed by atoms with E-state index in [1.807, 2.05) is 6.07 Å². The highest BCUT2D eigenvalue weighted by Crippen LogP contribution is 2.24. The normalized spacial score (nSPS) is 19.9. The highest BCUT2D eigenvalue weighted by atomic mass is 35.5. The quantitative estimate of drug-likeness (QED) is 0.784. The van der Waals surface area contributed by atoms with Gasteiger partial charge in [-0.1, -0.05) is 30.3 Å². The molecular weight excluding hydrogens is 294 g/mol. The van der Waals surface area contributed by atoms with Crippen LogP contribution in [0.2, 0.25) is 0 Å². The van der Waals surface area contributed by atoms with Gasteiger partial charge in [0.25, 0.3) is 0 Å². The van der Waals surface area contributed by atoms with Crippen LogP contribution in [0.3, 0.4) is 0 Å². The number of benzene rings is 1. The van der Waals surface area contributed by atoms with E-state index in [2.05, 4.69) is 24.3 Å². The lowest BCUT2D eigenvalue weighted by molar-refractivity contribution is 0.271. The van der Waals surface area contributed by atoms with E-state index < -0.39 is 15.3 Å². The minimum Gasteiger partial charge on any atom is -0.212 e. The fraction of sp³-hybridized carbons (Fsp3) is 0.600. The molecule has 112 valence electrons. The average molecular weight is 316 g/mol. The highest BCUT2D eigenvalue weighted by Gasteiger charge is 2.31. The molecule has 0 radical (unpaired) electrons. The number of rotatable bonds is 5. The maximum Gasteiger partial charge on any atom is 0.217 e. The van der Waals surface area contributed by atoms with E-state index in [4.69, 9.17) is 11.6 Å².